The van der Waals surface area contributed by atoms with Crippen molar-refractivity contribution in [1.82, 2.24) is 15.8 Å². The smallest absolute Gasteiger partial charge is 0.269 e. The van der Waals surface area contributed by atoms with E-state index < -0.39 is 23.8 Å². The zero-order valence-corrected chi connectivity index (χ0v) is 19.0. The number of halogens is 3. The molecule has 30 heavy (non-hydrogen) atoms. The van der Waals surface area contributed by atoms with Crippen molar-refractivity contribution in [2.24, 2.45) is 11.7 Å². The third kappa shape index (κ3) is 5.56. The van der Waals surface area contributed by atoms with E-state index in [1.807, 2.05) is 26.0 Å². The second-order valence-electron chi connectivity index (χ2n) is 7.47. The zero-order valence-electron chi connectivity index (χ0n) is 16.7. The highest BCUT2D eigenvalue weighted by Gasteiger charge is 2.42. The fraction of sp³-hybridized carbons (Fsp3) is 0.400. The van der Waals surface area contributed by atoms with Crippen LogP contribution in [0.1, 0.15) is 19.4 Å². The van der Waals surface area contributed by atoms with Crippen LogP contribution in [0, 0.1) is 5.92 Å². The first-order chi connectivity index (χ1) is 13.8. The fourth-order valence-electron chi connectivity index (χ4n) is 3.10. The van der Waals surface area contributed by atoms with Crippen molar-refractivity contribution in [2.45, 2.75) is 32.5 Å². The van der Waals surface area contributed by atoms with Crippen LogP contribution in [0.3, 0.4) is 0 Å². The van der Waals surface area contributed by atoms with Gasteiger partial charge in [-0.1, -0.05) is 37.6 Å². The number of carbonyl (C=O) groups excluding carboxylic acids is 2. The maximum Gasteiger partial charge on any atom is 0.269 e. The Labute approximate surface area is 190 Å². The Kier molecular flexibility index (Phi) is 8.75. The zero-order chi connectivity index (χ0) is 21.1. The molecule has 1 amide bonds. The molecule has 1 aromatic carbocycles. The molecule has 6 nitrogen and oxygen atoms in total. The number of hydrazine groups is 1. The maximum absolute atomic E-state index is 15.2. The Bertz CT molecular complexity index is 861. The number of nitrogens with two attached hydrogens (primary N) is 1. The predicted molar refractivity (Wildman–Crippen MR) is 121 cm³/mol. The first-order valence-corrected chi connectivity index (χ1v) is 10.7. The van der Waals surface area contributed by atoms with Crippen molar-refractivity contribution >= 4 is 47.5 Å². The van der Waals surface area contributed by atoms with Crippen molar-refractivity contribution in [1.29, 1.82) is 0 Å². The SMILES string of the molecule is CC(C)CNNC(=O)C1=CN(Cc2ccc(Cl)cc2)C2C(=O)[C@@H](N)CSC2=C1F.Cl. The minimum atomic E-state index is -0.834. The molecular weight excluding hydrogens is 450 g/mol. The second kappa shape index (κ2) is 10.6. The highest BCUT2D eigenvalue weighted by atomic mass is 35.5. The molecular formula is C20H25Cl2FN4O2S. The molecule has 0 saturated carbocycles. The molecule has 164 valence electrons. The third-order valence-electron chi connectivity index (χ3n) is 4.62. The van der Waals surface area contributed by atoms with Gasteiger partial charge in [-0.15, -0.1) is 24.2 Å². The predicted octanol–water partition coefficient (Wildman–Crippen LogP) is 2.93. The van der Waals surface area contributed by atoms with Crippen LogP contribution in [0.5, 0.6) is 0 Å². The molecule has 1 fully saturated rings. The molecule has 10 heteroatoms. The van der Waals surface area contributed by atoms with Gasteiger partial charge in [-0.3, -0.25) is 15.0 Å². The lowest BCUT2D eigenvalue weighted by Gasteiger charge is -2.39. The van der Waals surface area contributed by atoms with Gasteiger partial charge in [-0.05, 0) is 23.6 Å². The van der Waals surface area contributed by atoms with E-state index in [2.05, 4.69) is 10.9 Å². The number of amides is 1. The minimum Gasteiger partial charge on any atom is -0.358 e. The molecule has 0 bridgehead atoms. The number of rotatable bonds is 6. The molecule has 1 aromatic rings. The number of thioether (sulfide) groups is 1. The van der Waals surface area contributed by atoms with Crippen LogP contribution < -0.4 is 16.6 Å². The van der Waals surface area contributed by atoms with Crippen LogP contribution in [-0.2, 0) is 16.1 Å². The van der Waals surface area contributed by atoms with E-state index in [-0.39, 0.29) is 34.4 Å². The lowest BCUT2D eigenvalue weighted by molar-refractivity contribution is -0.124. The van der Waals surface area contributed by atoms with E-state index in [1.165, 1.54) is 18.0 Å². The van der Waals surface area contributed by atoms with Crippen molar-refractivity contribution in [3.05, 3.63) is 57.4 Å². The van der Waals surface area contributed by atoms with Gasteiger partial charge in [0.1, 0.15) is 11.9 Å². The Morgan fingerprint density at radius 2 is 2.03 bits per heavy atom. The first kappa shape index (κ1) is 24.7. The van der Waals surface area contributed by atoms with E-state index in [0.29, 0.717) is 24.0 Å². The van der Waals surface area contributed by atoms with Gasteiger partial charge in [0, 0.05) is 30.1 Å². The quantitative estimate of drug-likeness (QED) is 0.549. The number of nitrogens with zero attached hydrogens (tertiary/aromatic N) is 1. The molecule has 0 aromatic heterocycles. The number of ketones is 1. The molecule has 4 N–H and O–H groups in total. The van der Waals surface area contributed by atoms with Gasteiger partial charge in [-0.2, -0.15) is 0 Å². The van der Waals surface area contributed by atoms with E-state index in [9.17, 15) is 9.59 Å². The van der Waals surface area contributed by atoms with Crippen LogP contribution in [0.2, 0.25) is 5.02 Å². The van der Waals surface area contributed by atoms with Gasteiger partial charge in [0.2, 0.25) is 0 Å². The molecule has 2 heterocycles. The van der Waals surface area contributed by atoms with Crippen LogP contribution in [0.15, 0.2) is 46.8 Å². The Morgan fingerprint density at radius 1 is 1.37 bits per heavy atom. The number of hydrogen-bond donors (Lipinski definition) is 3. The number of carbonyl (C=O) groups is 2. The van der Waals surface area contributed by atoms with Crippen molar-refractivity contribution < 1.29 is 14.0 Å². The van der Waals surface area contributed by atoms with Gasteiger partial charge in [0.05, 0.1) is 16.5 Å². The summed E-state index contributed by atoms with van der Waals surface area (Å²) in [6, 6.07) is 5.64. The van der Waals surface area contributed by atoms with Crippen molar-refractivity contribution in [2.75, 3.05) is 12.3 Å². The highest BCUT2D eigenvalue weighted by Crippen LogP contribution is 2.40. The number of nitrogens with one attached hydrogen (secondary N) is 2. The summed E-state index contributed by atoms with van der Waals surface area (Å²) in [5.41, 5.74) is 12.0. The van der Waals surface area contributed by atoms with Crippen molar-refractivity contribution in [3.63, 3.8) is 0 Å². The average molecular weight is 475 g/mol. The Balaban J connectivity index is 0.00000320. The summed E-state index contributed by atoms with van der Waals surface area (Å²) in [6.07, 6.45) is 1.40. The number of hydrogen-bond acceptors (Lipinski definition) is 6. The lowest BCUT2D eigenvalue weighted by atomic mass is 9.98. The fourth-order valence-corrected chi connectivity index (χ4v) is 4.39. The molecule has 2 atom stereocenters. The molecule has 1 unspecified atom stereocenters. The van der Waals surface area contributed by atoms with E-state index in [4.69, 9.17) is 17.3 Å². The van der Waals surface area contributed by atoms with Crippen LogP contribution >= 0.6 is 35.8 Å². The summed E-state index contributed by atoms with van der Waals surface area (Å²) in [4.78, 5) is 27.2. The summed E-state index contributed by atoms with van der Waals surface area (Å²) >= 11 is 7.13. The number of fused-ring (bicyclic) bond motifs is 1. The molecule has 0 spiro atoms. The van der Waals surface area contributed by atoms with Gasteiger partial charge in [0.15, 0.2) is 5.78 Å². The molecule has 2 aliphatic heterocycles. The van der Waals surface area contributed by atoms with Crippen LogP contribution in [-0.4, -0.2) is 41.0 Å². The van der Waals surface area contributed by atoms with Crippen LogP contribution in [0.25, 0.3) is 0 Å². The summed E-state index contributed by atoms with van der Waals surface area (Å²) in [5.74, 6) is -0.906. The molecule has 3 rings (SSSR count). The average Bonchev–Trinajstić information content (AvgIpc) is 2.67. The summed E-state index contributed by atoms with van der Waals surface area (Å²) in [7, 11) is 0. The van der Waals surface area contributed by atoms with Gasteiger partial charge >= 0.3 is 0 Å². The maximum atomic E-state index is 15.2. The third-order valence-corrected chi connectivity index (χ3v) is 6.11. The molecule has 0 aliphatic carbocycles. The Morgan fingerprint density at radius 3 is 2.67 bits per heavy atom. The normalized spacial score (nSPS) is 21.2. The first-order valence-electron chi connectivity index (χ1n) is 9.35. The largest absolute Gasteiger partial charge is 0.358 e. The Hall–Kier alpha value is -1.58. The monoisotopic (exact) mass is 474 g/mol. The van der Waals surface area contributed by atoms with Gasteiger partial charge < -0.3 is 10.6 Å². The van der Waals surface area contributed by atoms with E-state index >= 15 is 4.39 Å². The van der Waals surface area contributed by atoms with Gasteiger partial charge in [0.25, 0.3) is 5.91 Å². The highest BCUT2D eigenvalue weighted by molar-refractivity contribution is 8.03. The number of Topliss-reactive ketones (excluding diaryl/α,β-unsaturated/α-hetero) is 1. The molecule has 2 aliphatic rings. The van der Waals surface area contributed by atoms with Crippen molar-refractivity contribution in [3.8, 4) is 0 Å². The topological polar surface area (TPSA) is 87.5 Å². The summed E-state index contributed by atoms with van der Waals surface area (Å²) < 4.78 is 15.2. The summed E-state index contributed by atoms with van der Waals surface area (Å²) in [6.45, 7) is 4.85. The molecule has 0 radical (unpaired) electrons. The molecule has 1 saturated heterocycles. The summed E-state index contributed by atoms with van der Waals surface area (Å²) in [5, 5.41) is 0.595. The standard InChI is InChI=1S/C20H24ClFN4O2S.ClH/c1-11(2)7-24-25-20(28)14-9-26(8-12-3-5-13(21)6-4-12)17-18(27)15(23)10-29-19(17)16(14)22;/h3-6,9,11,15,17,24H,7-8,10,23H2,1-2H3,(H,25,28);1H/t15-,17?;/m0./s1. The van der Waals surface area contributed by atoms with Crippen LogP contribution in [0.4, 0.5) is 4.39 Å². The minimum absolute atomic E-state index is 0. The van der Waals surface area contributed by atoms with Gasteiger partial charge in [-0.25, -0.2) is 9.82 Å². The lowest BCUT2D eigenvalue weighted by Crippen LogP contribution is -2.53. The number of benzene rings is 1. The second-order valence-corrected chi connectivity index (χ2v) is 8.97. The van der Waals surface area contributed by atoms with E-state index in [1.54, 1.807) is 17.0 Å². The van der Waals surface area contributed by atoms with E-state index in [0.717, 1.165) is 5.56 Å².